The quantitative estimate of drug-likeness (QED) is 0.726. The van der Waals surface area contributed by atoms with E-state index in [0.717, 1.165) is 10.8 Å². The summed E-state index contributed by atoms with van der Waals surface area (Å²) in [5.74, 6) is -0.429. The molecule has 1 saturated heterocycles. The number of nitrogens with zero attached hydrogens (tertiary/aromatic N) is 3. The summed E-state index contributed by atoms with van der Waals surface area (Å²) in [4.78, 5) is 26.5. The van der Waals surface area contributed by atoms with Crippen molar-refractivity contribution in [2.75, 3.05) is 10.6 Å². The molecule has 4 rings (SSSR count). The number of carbonyl (C=O) groups is 2. The van der Waals surface area contributed by atoms with E-state index in [-0.39, 0.29) is 18.2 Å². The maximum Gasteiger partial charge on any atom is 0.247 e. The molecule has 0 unspecified atom stereocenters. The van der Waals surface area contributed by atoms with Crippen molar-refractivity contribution in [2.45, 2.75) is 16.0 Å². The zero-order chi connectivity index (χ0) is 16.7. The monoisotopic (exact) mass is 356 g/mol. The van der Waals surface area contributed by atoms with Crippen LogP contribution in [0.25, 0.3) is 10.8 Å². The summed E-state index contributed by atoms with van der Waals surface area (Å²) in [7, 11) is 0. The van der Waals surface area contributed by atoms with E-state index in [4.69, 9.17) is 5.73 Å². The van der Waals surface area contributed by atoms with Crippen LogP contribution in [0.2, 0.25) is 0 Å². The Morgan fingerprint density at radius 3 is 2.71 bits per heavy atom. The number of hydrogen-bond acceptors (Lipinski definition) is 7. The van der Waals surface area contributed by atoms with Crippen LogP contribution < -0.4 is 10.6 Å². The lowest BCUT2D eigenvalue weighted by molar-refractivity contribution is -0.121. The van der Waals surface area contributed by atoms with Crippen LogP contribution in [0.15, 0.2) is 46.8 Å². The minimum Gasteiger partial charge on any atom is -0.374 e. The first kappa shape index (κ1) is 15.1. The second-order valence-corrected chi connectivity index (χ2v) is 7.74. The van der Waals surface area contributed by atoms with E-state index in [1.54, 1.807) is 6.07 Å². The molecule has 1 atom stereocenters. The van der Waals surface area contributed by atoms with Crippen molar-refractivity contribution in [2.24, 2.45) is 0 Å². The molecule has 1 aliphatic rings. The molecule has 0 radical (unpaired) electrons. The highest BCUT2D eigenvalue weighted by molar-refractivity contribution is 8.02. The molecule has 1 aromatic heterocycles. The first-order chi connectivity index (χ1) is 11.6. The van der Waals surface area contributed by atoms with Crippen molar-refractivity contribution in [3.05, 3.63) is 42.5 Å². The number of aromatic nitrogens is 2. The highest BCUT2D eigenvalue weighted by Crippen LogP contribution is 2.37. The molecule has 6 nitrogen and oxygen atoms in total. The van der Waals surface area contributed by atoms with Gasteiger partial charge < -0.3 is 5.73 Å². The van der Waals surface area contributed by atoms with Gasteiger partial charge in [0.1, 0.15) is 5.25 Å². The molecular weight excluding hydrogens is 344 g/mol. The van der Waals surface area contributed by atoms with Crippen LogP contribution in [-0.4, -0.2) is 27.3 Å². The molecule has 2 amide bonds. The van der Waals surface area contributed by atoms with Crippen LogP contribution >= 0.6 is 23.1 Å². The number of nitrogens with two attached hydrogens (primary N) is 1. The highest BCUT2D eigenvalue weighted by Gasteiger charge is 2.41. The molecule has 2 aromatic carbocycles. The molecule has 0 bridgehead atoms. The van der Waals surface area contributed by atoms with E-state index in [9.17, 15) is 9.59 Å². The van der Waals surface area contributed by atoms with Gasteiger partial charge in [0.05, 0.1) is 5.69 Å². The minimum atomic E-state index is -0.496. The van der Waals surface area contributed by atoms with Crippen molar-refractivity contribution < 1.29 is 9.59 Å². The topological polar surface area (TPSA) is 89.2 Å². The molecular formula is C16H12N4O2S2. The van der Waals surface area contributed by atoms with Crippen LogP contribution in [0.4, 0.5) is 10.8 Å². The Morgan fingerprint density at radius 1 is 1.12 bits per heavy atom. The third kappa shape index (κ3) is 2.53. The number of amides is 2. The Bertz CT molecular complexity index is 951. The molecule has 120 valence electrons. The van der Waals surface area contributed by atoms with E-state index in [1.807, 2.05) is 36.4 Å². The number of imide groups is 1. The number of rotatable bonds is 3. The lowest BCUT2D eigenvalue weighted by Crippen LogP contribution is -2.31. The summed E-state index contributed by atoms with van der Waals surface area (Å²) >= 11 is 2.45. The van der Waals surface area contributed by atoms with E-state index >= 15 is 0 Å². The Morgan fingerprint density at radius 2 is 1.92 bits per heavy atom. The summed E-state index contributed by atoms with van der Waals surface area (Å²) in [5.41, 5.74) is 6.19. The Hall–Kier alpha value is -2.45. The molecule has 2 heterocycles. The fourth-order valence-electron chi connectivity index (χ4n) is 2.74. The summed E-state index contributed by atoms with van der Waals surface area (Å²) < 4.78 is 0.596. The van der Waals surface area contributed by atoms with Gasteiger partial charge in [-0.25, -0.2) is 4.90 Å². The number of hydrogen-bond donors (Lipinski definition) is 1. The maximum absolute atomic E-state index is 12.8. The van der Waals surface area contributed by atoms with Gasteiger partial charge in [-0.2, -0.15) is 0 Å². The maximum atomic E-state index is 12.8. The van der Waals surface area contributed by atoms with Gasteiger partial charge in [-0.05, 0) is 11.5 Å². The SMILES string of the molecule is Nc1nnc(S[C@@H]2CC(=O)N(c3cccc4ccccc34)C2=O)s1. The van der Waals surface area contributed by atoms with Gasteiger partial charge in [0.2, 0.25) is 16.9 Å². The van der Waals surface area contributed by atoms with Gasteiger partial charge in [0, 0.05) is 11.8 Å². The predicted octanol–water partition coefficient (Wildman–Crippen LogP) is 2.70. The standard InChI is InChI=1S/C16H12N4O2S2/c17-15-18-19-16(24-15)23-12-8-13(21)20(14(12)22)11-7-3-5-9-4-1-2-6-10(9)11/h1-7,12H,8H2,(H2,17,18)/t12-/m1/s1. The third-order valence-electron chi connectivity index (χ3n) is 3.78. The average molecular weight is 356 g/mol. The molecule has 24 heavy (non-hydrogen) atoms. The van der Waals surface area contributed by atoms with Crippen molar-refractivity contribution in [1.29, 1.82) is 0 Å². The fourth-order valence-corrected chi connectivity index (χ4v) is 4.64. The number of benzene rings is 2. The molecule has 3 aromatic rings. The number of nitrogen functional groups attached to an aromatic ring is 1. The third-order valence-corrected chi connectivity index (χ3v) is 5.80. The Labute approximate surface area is 145 Å². The number of carbonyl (C=O) groups excluding carboxylic acids is 2. The molecule has 0 saturated carbocycles. The largest absolute Gasteiger partial charge is 0.374 e. The van der Waals surface area contributed by atoms with Gasteiger partial charge in [-0.1, -0.05) is 59.5 Å². The van der Waals surface area contributed by atoms with Gasteiger partial charge >= 0.3 is 0 Å². The summed E-state index contributed by atoms with van der Waals surface area (Å²) in [5, 5.41) is 9.37. The zero-order valence-electron chi connectivity index (χ0n) is 12.4. The van der Waals surface area contributed by atoms with Crippen LogP contribution in [-0.2, 0) is 9.59 Å². The molecule has 8 heteroatoms. The van der Waals surface area contributed by atoms with Crippen LogP contribution in [0.5, 0.6) is 0 Å². The second-order valence-electron chi connectivity index (χ2n) is 5.28. The fraction of sp³-hybridized carbons (Fsp3) is 0.125. The lowest BCUT2D eigenvalue weighted by atomic mass is 10.1. The van der Waals surface area contributed by atoms with E-state index in [1.165, 1.54) is 28.0 Å². The summed E-state index contributed by atoms with van der Waals surface area (Å²) in [6.07, 6.45) is 0.145. The van der Waals surface area contributed by atoms with Gasteiger partial charge in [-0.15, -0.1) is 10.2 Å². The van der Waals surface area contributed by atoms with Crippen LogP contribution in [0.3, 0.4) is 0 Å². The first-order valence-corrected chi connectivity index (χ1v) is 8.93. The smallest absolute Gasteiger partial charge is 0.247 e. The van der Waals surface area contributed by atoms with E-state index < -0.39 is 5.25 Å². The second kappa shape index (κ2) is 5.88. The van der Waals surface area contributed by atoms with Gasteiger partial charge in [-0.3, -0.25) is 9.59 Å². The highest BCUT2D eigenvalue weighted by atomic mass is 32.2. The van der Waals surface area contributed by atoms with Gasteiger partial charge in [0.25, 0.3) is 0 Å². The summed E-state index contributed by atoms with van der Waals surface area (Å²) in [6.45, 7) is 0. The normalized spacial score (nSPS) is 17.8. The van der Waals surface area contributed by atoms with E-state index in [0.29, 0.717) is 15.2 Å². The predicted molar refractivity (Wildman–Crippen MR) is 95.0 cm³/mol. The number of fused-ring (bicyclic) bond motifs is 1. The minimum absolute atomic E-state index is 0.145. The number of anilines is 2. The molecule has 1 fully saturated rings. The van der Waals surface area contributed by atoms with Crippen molar-refractivity contribution in [3.8, 4) is 0 Å². The average Bonchev–Trinajstić information content (AvgIpc) is 3.11. The molecule has 1 aliphatic heterocycles. The van der Waals surface area contributed by atoms with Crippen molar-refractivity contribution in [3.63, 3.8) is 0 Å². The van der Waals surface area contributed by atoms with Crippen LogP contribution in [0, 0.1) is 0 Å². The Kier molecular flexibility index (Phi) is 3.70. The lowest BCUT2D eigenvalue weighted by Gasteiger charge is -2.17. The van der Waals surface area contributed by atoms with E-state index in [2.05, 4.69) is 10.2 Å². The molecule has 0 spiro atoms. The zero-order valence-corrected chi connectivity index (χ0v) is 14.0. The van der Waals surface area contributed by atoms with Crippen LogP contribution in [0.1, 0.15) is 6.42 Å². The Balaban J connectivity index is 1.68. The van der Waals surface area contributed by atoms with Crippen molar-refractivity contribution in [1.82, 2.24) is 10.2 Å². The molecule has 2 N–H and O–H groups in total. The van der Waals surface area contributed by atoms with Gasteiger partial charge in [0.15, 0.2) is 4.34 Å². The summed E-state index contributed by atoms with van der Waals surface area (Å²) in [6, 6.07) is 13.3. The molecule has 0 aliphatic carbocycles. The first-order valence-electron chi connectivity index (χ1n) is 7.23. The number of thioether (sulfide) groups is 1. The van der Waals surface area contributed by atoms with Crippen molar-refractivity contribution >= 4 is 56.5 Å².